The third-order valence-electron chi connectivity index (χ3n) is 4.40. The number of hydrogen-bond donors (Lipinski definition) is 1. The molecule has 0 unspecified atom stereocenters. The van der Waals surface area contributed by atoms with Crippen molar-refractivity contribution in [1.29, 1.82) is 0 Å². The van der Waals surface area contributed by atoms with Gasteiger partial charge in [-0.05, 0) is 42.8 Å². The standard InChI is InChI=1S/C19H17Cl2N3O2/c1-25-16-4-3-11(7-17(16)26-2)18-15-5-6-22-19(15)24(23-18)14-9-12(20)8-13(21)10-14/h3-4,7-10,22H,5-6H2,1-2H3. The molecule has 2 aromatic carbocycles. The summed E-state index contributed by atoms with van der Waals surface area (Å²) in [6.45, 7) is 0.863. The van der Waals surface area contributed by atoms with Crippen LogP contribution in [0.1, 0.15) is 5.56 Å². The van der Waals surface area contributed by atoms with E-state index in [0.717, 1.165) is 41.3 Å². The van der Waals surface area contributed by atoms with Gasteiger partial charge in [-0.2, -0.15) is 5.10 Å². The molecule has 0 radical (unpaired) electrons. The van der Waals surface area contributed by atoms with Gasteiger partial charge in [-0.1, -0.05) is 23.2 Å². The molecule has 0 spiro atoms. The molecule has 134 valence electrons. The lowest BCUT2D eigenvalue weighted by Crippen LogP contribution is -2.04. The van der Waals surface area contributed by atoms with Gasteiger partial charge in [0.05, 0.1) is 25.6 Å². The van der Waals surface area contributed by atoms with E-state index >= 15 is 0 Å². The molecule has 5 nitrogen and oxygen atoms in total. The summed E-state index contributed by atoms with van der Waals surface area (Å²) in [6, 6.07) is 11.2. The van der Waals surface area contributed by atoms with Crippen molar-refractivity contribution in [3.63, 3.8) is 0 Å². The smallest absolute Gasteiger partial charge is 0.161 e. The molecule has 1 N–H and O–H groups in total. The van der Waals surface area contributed by atoms with Gasteiger partial charge in [-0.3, -0.25) is 0 Å². The van der Waals surface area contributed by atoms with Gasteiger partial charge in [0.15, 0.2) is 11.5 Å². The molecule has 26 heavy (non-hydrogen) atoms. The van der Waals surface area contributed by atoms with Gasteiger partial charge < -0.3 is 14.8 Å². The van der Waals surface area contributed by atoms with E-state index in [4.69, 9.17) is 37.8 Å². The number of nitrogens with zero attached hydrogens (tertiary/aromatic N) is 2. The Balaban J connectivity index is 1.87. The second-order valence-corrected chi connectivity index (χ2v) is 6.83. The van der Waals surface area contributed by atoms with E-state index < -0.39 is 0 Å². The average molecular weight is 390 g/mol. The highest BCUT2D eigenvalue weighted by Crippen LogP contribution is 2.38. The molecule has 0 amide bonds. The molecule has 0 bridgehead atoms. The quantitative estimate of drug-likeness (QED) is 0.693. The van der Waals surface area contributed by atoms with E-state index in [1.165, 1.54) is 0 Å². The summed E-state index contributed by atoms with van der Waals surface area (Å²) < 4.78 is 12.6. The minimum Gasteiger partial charge on any atom is -0.493 e. The van der Waals surface area contributed by atoms with Crippen molar-refractivity contribution < 1.29 is 9.47 Å². The predicted octanol–water partition coefficient (Wildman–Crippen LogP) is 4.83. The van der Waals surface area contributed by atoms with Crippen molar-refractivity contribution in [3.05, 3.63) is 52.0 Å². The third kappa shape index (κ3) is 2.87. The van der Waals surface area contributed by atoms with Crippen molar-refractivity contribution in [2.75, 3.05) is 26.1 Å². The molecule has 3 aromatic rings. The fraction of sp³-hybridized carbons (Fsp3) is 0.211. The van der Waals surface area contributed by atoms with Crippen LogP contribution in [0.4, 0.5) is 5.82 Å². The van der Waals surface area contributed by atoms with Gasteiger partial charge in [0, 0.05) is 27.7 Å². The molecule has 0 atom stereocenters. The summed E-state index contributed by atoms with van der Waals surface area (Å²) in [5.74, 6) is 2.32. The Hall–Kier alpha value is -2.37. The lowest BCUT2D eigenvalue weighted by Gasteiger charge is -2.09. The monoisotopic (exact) mass is 389 g/mol. The Morgan fingerprint density at radius 1 is 1.00 bits per heavy atom. The Labute approximate surface area is 161 Å². The number of hydrogen-bond acceptors (Lipinski definition) is 4. The maximum absolute atomic E-state index is 6.17. The maximum Gasteiger partial charge on any atom is 0.161 e. The Kier molecular flexibility index (Phi) is 4.42. The zero-order chi connectivity index (χ0) is 18.3. The number of anilines is 1. The van der Waals surface area contributed by atoms with Crippen molar-refractivity contribution in [2.24, 2.45) is 0 Å². The van der Waals surface area contributed by atoms with Crippen molar-refractivity contribution in [1.82, 2.24) is 9.78 Å². The lowest BCUT2D eigenvalue weighted by molar-refractivity contribution is 0.355. The SMILES string of the molecule is COc1ccc(-c2nn(-c3cc(Cl)cc(Cl)c3)c3c2CCN3)cc1OC. The van der Waals surface area contributed by atoms with Gasteiger partial charge >= 0.3 is 0 Å². The van der Waals surface area contributed by atoms with Crippen LogP contribution < -0.4 is 14.8 Å². The van der Waals surface area contributed by atoms with Crippen molar-refractivity contribution in [3.8, 4) is 28.4 Å². The number of fused-ring (bicyclic) bond motifs is 1. The summed E-state index contributed by atoms with van der Waals surface area (Å²) >= 11 is 12.3. The molecular weight excluding hydrogens is 373 g/mol. The van der Waals surface area contributed by atoms with Crippen molar-refractivity contribution >= 4 is 29.0 Å². The highest BCUT2D eigenvalue weighted by Gasteiger charge is 2.24. The zero-order valence-corrected chi connectivity index (χ0v) is 15.9. The number of halogens is 2. The van der Waals surface area contributed by atoms with Crippen LogP contribution in [0, 0.1) is 0 Å². The topological polar surface area (TPSA) is 48.3 Å². The van der Waals surface area contributed by atoms with Gasteiger partial charge in [0.1, 0.15) is 5.82 Å². The fourth-order valence-corrected chi connectivity index (χ4v) is 3.75. The first-order valence-electron chi connectivity index (χ1n) is 8.15. The lowest BCUT2D eigenvalue weighted by atomic mass is 10.1. The van der Waals surface area contributed by atoms with Crippen LogP contribution in [0.15, 0.2) is 36.4 Å². The summed E-state index contributed by atoms with van der Waals surface area (Å²) in [7, 11) is 3.25. The zero-order valence-electron chi connectivity index (χ0n) is 14.3. The van der Waals surface area contributed by atoms with Crippen LogP contribution in [-0.4, -0.2) is 30.5 Å². The summed E-state index contributed by atoms with van der Waals surface area (Å²) in [4.78, 5) is 0. The summed E-state index contributed by atoms with van der Waals surface area (Å²) in [5.41, 5.74) is 3.85. The molecule has 0 saturated carbocycles. The summed E-state index contributed by atoms with van der Waals surface area (Å²) in [5, 5.41) is 9.38. The van der Waals surface area contributed by atoms with E-state index in [9.17, 15) is 0 Å². The maximum atomic E-state index is 6.17. The van der Waals surface area contributed by atoms with Crippen LogP contribution in [0.2, 0.25) is 10.0 Å². The van der Waals surface area contributed by atoms with Gasteiger partial charge in [0.25, 0.3) is 0 Å². The third-order valence-corrected chi connectivity index (χ3v) is 4.84. The average Bonchev–Trinajstić information content (AvgIpc) is 3.22. The highest BCUT2D eigenvalue weighted by molar-refractivity contribution is 6.34. The highest BCUT2D eigenvalue weighted by atomic mass is 35.5. The minimum atomic E-state index is 0.572. The first-order valence-corrected chi connectivity index (χ1v) is 8.91. The van der Waals surface area contributed by atoms with Crippen LogP contribution in [0.3, 0.4) is 0 Å². The van der Waals surface area contributed by atoms with Gasteiger partial charge in [-0.15, -0.1) is 0 Å². The molecule has 7 heteroatoms. The second-order valence-electron chi connectivity index (χ2n) is 5.96. The number of benzene rings is 2. The normalized spacial score (nSPS) is 12.6. The van der Waals surface area contributed by atoms with E-state index in [1.807, 2.05) is 35.0 Å². The second kappa shape index (κ2) is 6.74. The number of aromatic nitrogens is 2. The molecule has 0 aliphatic carbocycles. The number of methoxy groups -OCH3 is 2. The fourth-order valence-electron chi connectivity index (χ4n) is 3.24. The van der Waals surface area contributed by atoms with Gasteiger partial charge in [0.2, 0.25) is 0 Å². The molecule has 1 aliphatic heterocycles. The first kappa shape index (κ1) is 17.1. The Morgan fingerprint density at radius 2 is 1.73 bits per heavy atom. The Bertz CT molecular complexity index is 965. The van der Waals surface area contributed by atoms with Crippen LogP contribution in [-0.2, 0) is 6.42 Å². The van der Waals surface area contributed by atoms with Crippen molar-refractivity contribution in [2.45, 2.75) is 6.42 Å². The molecular formula is C19H17Cl2N3O2. The molecule has 1 aliphatic rings. The van der Waals surface area contributed by atoms with Crippen LogP contribution in [0.5, 0.6) is 11.5 Å². The van der Waals surface area contributed by atoms with Crippen LogP contribution in [0.25, 0.3) is 16.9 Å². The first-order chi connectivity index (χ1) is 12.6. The largest absolute Gasteiger partial charge is 0.493 e. The summed E-state index contributed by atoms with van der Waals surface area (Å²) in [6.07, 6.45) is 0.896. The molecule has 2 heterocycles. The number of ether oxygens (including phenoxy) is 2. The van der Waals surface area contributed by atoms with E-state index in [0.29, 0.717) is 21.5 Å². The molecule has 0 fully saturated rings. The molecule has 0 saturated heterocycles. The number of nitrogens with one attached hydrogen (secondary N) is 1. The molecule has 1 aromatic heterocycles. The predicted molar refractivity (Wildman–Crippen MR) is 104 cm³/mol. The number of rotatable bonds is 4. The molecule has 4 rings (SSSR count). The van der Waals surface area contributed by atoms with E-state index in [2.05, 4.69) is 5.32 Å². The van der Waals surface area contributed by atoms with E-state index in [-0.39, 0.29) is 0 Å². The van der Waals surface area contributed by atoms with Gasteiger partial charge in [-0.25, -0.2) is 4.68 Å². The Morgan fingerprint density at radius 3 is 2.42 bits per heavy atom. The van der Waals surface area contributed by atoms with Crippen LogP contribution >= 0.6 is 23.2 Å². The minimum absolute atomic E-state index is 0.572. The van der Waals surface area contributed by atoms with E-state index in [1.54, 1.807) is 20.3 Å².